The van der Waals surface area contributed by atoms with E-state index in [-0.39, 0.29) is 5.41 Å². The highest BCUT2D eigenvalue weighted by Crippen LogP contribution is 2.56. The fourth-order valence-electron chi connectivity index (χ4n) is 5.00. The molecule has 4 nitrogen and oxygen atoms in total. The normalized spacial score (nSPS) is 36.7. The van der Waals surface area contributed by atoms with E-state index < -0.39 is 26.5 Å². The van der Waals surface area contributed by atoms with Gasteiger partial charge in [-0.1, -0.05) is 30.3 Å². The molecule has 4 aliphatic rings. The van der Waals surface area contributed by atoms with Gasteiger partial charge in [0.05, 0.1) is 0 Å². The van der Waals surface area contributed by atoms with Crippen LogP contribution < -0.4 is 0 Å². The van der Waals surface area contributed by atoms with Gasteiger partial charge in [0.25, 0.3) is 10.0 Å². The highest BCUT2D eigenvalue weighted by molar-refractivity contribution is 7.91. The molecule has 1 atom stereocenters. The molecule has 3 saturated carbocycles. The Bertz CT molecular complexity index is 823. The molecule has 1 aromatic rings. The Morgan fingerprint density at radius 2 is 1.67 bits per heavy atom. The first-order valence-electron chi connectivity index (χ1n) is 9.86. The molecule has 2 bridgehead atoms. The minimum absolute atomic E-state index is 0.0511. The van der Waals surface area contributed by atoms with E-state index in [9.17, 15) is 12.8 Å². The van der Waals surface area contributed by atoms with Crippen molar-refractivity contribution in [1.82, 2.24) is 0 Å². The topological polar surface area (TPSA) is 55.7 Å². The number of sulfonamides is 1. The Labute approximate surface area is 161 Å². The SMILES string of the molecule is CC1(C)OC(CC23CCC(F)(CC2)CC3)=NS(=O)(=O)C1Cc1ccccc1. The van der Waals surface area contributed by atoms with Crippen molar-refractivity contribution < 1.29 is 17.5 Å². The number of hydrogen-bond acceptors (Lipinski definition) is 3. The van der Waals surface area contributed by atoms with Crippen LogP contribution in [0.3, 0.4) is 0 Å². The molecule has 1 aromatic carbocycles. The van der Waals surface area contributed by atoms with Crippen LogP contribution in [0.2, 0.25) is 0 Å². The third-order valence-corrected chi connectivity index (χ3v) is 8.76. The average molecular weight is 394 g/mol. The molecule has 5 rings (SSSR count). The van der Waals surface area contributed by atoms with Crippen LogP contribution in [-0.4, -0.2) is 30.8 Å². The predicted molar refractivity (Wildman–Crippen MR) is 104 cm³/mol. The lowest BCUT2D eigenvalue weighted by molar-refractivity contribution is -0.0359. The summed E-state index contributed by atoms with van der Waals surface area (Å²) in [6, 6.07) is 9.58. The van der Waals surface area contributed by atoms with Crippen molar-refractivity contribution in [2.45, 2.75) is 81.7 Å². The number of halogens is 1. The number of alkyl halides is 1. The molecular weight excluding hydrogens is 365 g/mol. The highest BCUT2D eigenvalue weighted by Gasteiger charge is 2.52. The minimum Gasteiger partial charge on any atom is -0.473 e. The summed E-state index contributed by atoms with van der Waals surface area (Å²) < 4.78 is 50.6. The summed E-state index contributed by atoms with van der Waals surface area (Å²) in [5, 5.41) is -0.718. The Morgan fingerprint density at radius 3 is 2.22 bits per heavy atom. The van der Waals surface area contributed by atoms with Crippen LogP contribution in [0.4, 0.5) is 4.39 Å². The maximum atomic E-state index is 14.4. The highest BCUT2D eigenvalue weighted by atomic mass is 32.2. The second kappa shape index (κ2) is 6.29. The van der Waals surface area contributed by atoms with Gasteiger partial charge in [0.2, 0.25) is 5.90 Å². The number of fused-ring (bicyclic) bond motifs is 3. The summed E-state index contributed by atoms with van der Waals surface area (Å²) in [6.07, 6.45) is 4.98. The third kappa shape index (κ3) is 3.65. The molecule has 3 fully saturated rings. The molecule has 148 valence electrons. The van der Waals surface area contributed by atoms with Crippen LogP contribution in [0.15, 0.2) is 34.7 Å². The monoisotopic (exact) mass is 393 g/mol. The second-order valence-corrected chi connectivity index (χ2v) is 11.0. The van der Waals surface area contributed by atoms with Crippen LogP contribution in [0, 0.1) is 5.41 Å². The van der Waals surface area contributed by atoms with Gasteiger partial charge in [0, 0.05) is 6.42 Å². The van der Waals surface area contributed by atoms with Gasteiger partial charge in [-0.3, -0.25) is 0 Å². The van der Waals surface area contributed by atoms with Crippen molar-refractivity contribution >= 4 is 15.9 Å². The minimum atomic E-state index is -3.67. The van der Waals surface area contributed by atoms with Crippen molar-refractivity contribution in [1.29, 1.82) is 0 Å². The van der Waals surface area contributed by atoms with Crippen LogP contribution in [0.5, 0.6) is 0 Å². The van der Waals surface area contributed by atoms with Crippen molar-refractivity contribution in [2.75, 3.05) is 0 Å². The summed E-state index contributed by atoms with van der Waals surface area (Å²) in [4.78, 5) is 0. The number of rotatable bonds is 4. The van der Waals surface area contributed by atoms with E-state index in [2.05, 4.69) is 4.40 Å². The zero-order valence-corrected chi connectivity index (χ0v) is 16.9. The molecule has 0 aromatic heterocycles. The van der Waals surface area contributed by atoms with Gasteiger partial charge in [0.1, 0.15) is 16.5 Å². The largest absolute Gasteiger partial charge is 0.473 e. The molecule has 1 aliphatic heterocycles. The summed E-state index contributed by atoms with van der Waals surface area (Å²) in [7, 11) is -3.67. The van der Waals surface area contributed by atoms with Crippen LogP contribution >= 0.6 is 0 Å². The standard InChI is InChI=1S/C21H28FNO3S/c1-19(2)17(14-16-6-4-3-5-7-16)27(24,25)23-18(26-19)15-20-8-11-21(22,12-9-20)13-10-20/h3-7,17H,8-15H2,1-2H3. The molecule has 0 spiro atoms. The van der Waals surface area contributed by atoms with Gasteiger partial charge in [-0.25, -0.2) is 12.8 Å². The van der Waals surface area contributed by atoms with Crippen molar-refractivity contribution in [3.05, 3.63) is 35.9 Å². The number of benzene rings is 1. The number of nitrogens with zero attached hydrogens (tertiary/aromatic N) is 1. The van der Waals surface area contributed by atoms with E-state index in [4.69, 9.17) is 4.74 Å². The number of hydrogen-bond donors (Lipinski definition) is 0. The maximum absolute atomic E-state index is 14.4. The molecule has 0 N–H and O–H groups in total. The quantitative estimate of drug-likeness (QED) is 0.752. The molecule has 1 unspecified atom stereocenters. The molecule has 0 radical (unpaired) electrons. The maximum Gasteiger partial charge on any atom is 0.263 e. The molecular formula is C21H28FNO3S. The number of ether oxygens (including phenoxy) is 1. The third-order valence-electron chi connectivity index (χ3n) is 6.85. The second-order valence-electron chi connectivity index (χ2n) is 9.21. The van der Waals surface area contributed by atoms with Gasteiger partial charge < -0.3 is 4.74 Å². The molecule has 1 heterocycles. The summed E-state index contributed by atoms with van der Waals surface area (Å²) in [6.45, 7) is 3.66. The Hall–Kier alpha value is -1.43. The van der Waals surface area contributed by atoms with Crippen LogP contribution in [0.25, 0.3) is 0 Å². The van der Waals surface area contributed by atoms with E-state index in [0.717, 1.165) is 24.8 Å². The van der Waals surface area contributed by atoms with Crippen molar-refractivity contribution in [2.24, 2.45) is 9.81 Å². The lowest BCUT2D eigenvalue weighted by atomic mass is 9.58. The summed E-state index contributed by atoms with van der Waals surface area (Å²) in [5.41, 5.74) is -0.942. The lowest BCUT2D eigenvalue weighted by Crippen LogP contribution is -2.51. The summed E-state index contributed by atoms with van der Waals surface area (Å²) in [5.74, 6) is 0.317. The van der Waals surface area contributed by atoms with E-state index in [1.807, 2.05) is 44.2 Å². The van der Waals surface area contributed by atoms with E-state index in [1.165, 1.54) is 0 Å². The smallest absolute Gasteiger partial charge is 0.263 e. The van der Waals surface area contributed by atoms with E-state index in [1.54, 1.807) is 0 Å². The Morgan fingerprint density at radius 1 is 1.07 bits per heavy atom. The Balaban J connectivity index is 1.56. The zero-order valence-electron chi connectivity index (χ0n) is 16.1. The summed E-state index contributed by atoms with van der Waals surface area (Å²) >= 11 is 0. The van der Waals surface area contributed by atoms with Gasteiger partial charge in [0.15, 0.2) is 0 Å². The molecule has 0 saturated heterocycles. The first-order valence-corrected chi connectivity index (χ1v) is 11.4. The van der Waals surface area contributed by atoms with Crippen molar-refractivity contribution in [3.8, 4) is 0 Å². The molecule has 27 heavy (non-hydrogen) atoms. The predicted octanol–water partition coefficient (Wildman–Crippen LogP) is 4.59. The average Bonchev–Trinajstić information content (AvgIpc) is 2.60. The first kappa shape index (κ1) is 18.9. The van der Waals surface area contributed by atoms with Crippen molar-refractivity contribution in [3.63, 3.8) is 0 Å². The van der Waals surface area contributed by atoms with Gasteiger partial charge >= 0.3 is 0 Å². The van der Waals surface area contributed by atoms with Gasteiger partial charge in [-0.05, 0) is 69.8 Å². The molecule has 6 heteroatoms. The first-order chi connectivity index (χ1) is 12.6. The zero-order chi connectivity index (χ0) is 19.3. The fourth-order valence-corrected chi connectivity index (χ4v) is 6.68. The lowest BCUT2D eigenvalue weighted by Gasteiger charge is -2.50. The fraction of sp³-hybridized carbons (Fsp3) is 0.667. The Kier molecular flexibility index (Phi) is 4.41. The molecule has 0 amide bonds. The molecule has 3 aliphatic carbocycles. The van der Waals surface area contributed by atoms with Crippen LogP contribution in [-0.2, 0) is 21.2 Å². The van der Waals surface area contributed by atoms with E-state index >= 15 is 0 Å². The van der Waals surface area contributed by atoms with Gasteiger partial charge in [-0.15, -0.1) is 4.40 Å². The van der Waals surface area contributed by atoms with E-state index in [0.29, 0.717) is 38.0 Å². The van der Waals surface area contributed by atoms with Crippen LogP contribution in [0.1, 0.15) is 64.4 Å². The van der Waals surface area contributed by atoms with Gasteiger partial charge in [-0.2, -0.15) is 0 Å².